The van der Waals surface area contributed by atoms with Crippen LogP contribution in [-0.4, -0.2) is 54.2 Å². The number of imidazole rings is 1. The van der Waals surface area contributed by atoms with Crippen LogP contribution in [0.1, 0.15) is 11.7 Å². The van der Waals surface area contributed by atoms with Crippen molar-refractivity contribution in [2.75, 3.05) is 44.7 Å². The Hall–Kier alpha value is -1.85. The molecule has 1 aliphatic heterocycles. The van der Waals surface area contributed by atoms with Crippen LogP contribution in [0.3, 0.4) is 0 Å². The van der Waals surface area contributed by atoms with Gasteiger partial charge in [-0.05, 0) is 19.2 Å². The second kappa shape index (κ2) is 6.94. The average Bonchev–Trinajstić information content (AvgIpc) is 2.99. The third-order valence-corrected chi connectivity index (χ3v) is 4.47. The van der Waals surface area contributed by atoms with E-state index in [1.54, 1.807) is 0 Å². The van der Waals surface area contributed by atoms with E-state index in [4.69, 9.17) is 0 Å². The predicted octanol–water partition coefficient (Wildman–Crippen LogP) is 1.50. The molecule has 1 unspecified atom stereocenters. The number of piperazine rings is 1. The van der Waals surface area contributed by atoms with Crippen LogP contribution < -0.4 is 10.2 Å². The first-order chi connectivity index (χ1) is 10.8. The minimum atomic E-state index is 0.385. The van der Waals surface area contributed by atoms with Crippen molar-refractivity contribution in [3.63, 3.8) is 0 Å². The smallest absolute Gasteiger partial charge is 0.0946 e. The minimum Gasteiger partial charge on any atom is -0.369 e. The first kappa shape index (κ1) is 15.1. The summed E-state index contributed by atoms with van der Waals surface area (Å²) in [4.78, 5) is 9.31. The standard InChI is InChI=1S/C17H25N5/c1-18-12-17(16-13-19-14-20(16)2)22-10-8-21(9-11-22)15-6-4-3-5-7-15/h3-7,13-14,17-18H,8-12H2,1-2H3. The van der Waals surface area contributed by atoms with Crippen molar-refractivity contribution < 1.29 is 0 Å². The fraction of sp³-hybridized carbons (Fsp3) is 0.471. The molecule has 22 heavy (non-hydrogen) atoms. The molecule has 1 N–H and O–H groups in total. The highest BCUT2D eigenvalue weighted by Crippen LogP contribution is 2.23. The van der Waals surface area contributed by atoms with Crippen LogP contribution in [0.2, 0.25) is 0 Å². The molecule has 0 aliphatic carbocycles. The highest BCUT2D eigenvalue weighted by atomic mass is 15.3. The maximum Gasteiger partial charge on any atom is 0.0946 e. The molecule has 1 fully saturated rings. The fourth-order valence-electron chi connectivity index (χ4n) is 3.23. The molecule has 0 saturated carbocycles. The van der Waals surface area contributed by atoms with Gasteiger partial charge in [-0.1, -0.05) is 18.2 Å². The van der Waals surface area contributed by atoms with Gasteiger partial charge in [0, 0.05) is 51.7 Å². The summed E-state index contributed by atoms with van der Waals surface area (Å²) in [6, 6.07) is 11.1. The molecule has 0 spiro atoms. The molecule has 1 aliphatic rings. The van der Waals surface area contributed by atoms with E-state index in [9.17, 15) is 0 Å². The van der Waals surface area contributed by atoms with Gasteiger partial charge in [-0.2, -0.15) is 0 Å². The first-order valence-electron chi connectivity index (χ1n) is 7.94. The number of benzene rings is 1. The normalized spacial score (nSPS) is 17.6. The van der Waals surface area contributed by atoms with Gasteiger partial charge in [0.1, 0.15) is 0 Å². The van der Waals surface area contributed by atoms with Gasteiger partial charge in [0.25, 0.3) is 0 Å². The number of hydrogen-bond donors (Lipinski definition) is 1. The van der Waals surface area contributed by atoms with Crippen LogP contribution >= 0.6 is 0 Å². The number of para-hydroxylation sites is 1. The Balaban J connectivity index is 1.67. The Bertz CT molecular complexity index is 572. The van der Waals surface area contributed by atoms with Crippen molar-refractivity contribution in [1.29, 1.82) is 0 Å². The molecule has 118 valence electrons. The van der Waals surface area contributed by atoms with Crippen molar-refractivity contribution in [2.45, 2.75) is 6.04 Å². The van der Waals surface area contributed by atoms with Crippen LogP contribution in [0.4, 0.5) is 5.69 Å². The lowest BCUT2D eigenvalue weighted by atomic mass is 10.1. The molecule has 1 atom stereocenters. The zero-order valence-corrected chi connectivity index (χ0v) is 13.4. The van der Waals surface area contributed by atoms with Gasteiger partial charge in [-0.3, -0.25) is 4.90 Å². The second-order valence-electron chi connectivity index (χ2n) is 5.86. The van der Waals surface area contributed by atoms with Crippen molar-refractivity contribution in [2.24, 2.45) is 7.05 Å². The van der Waals surface area contributed by atoms with Gasteiger partial charge in [-0.25, -0.2) is 4.98 Å². The van der Waals surface area contributed by atoms with Gasteiger partial charge >= 0.3 is 0 Å². The summed E-state index contributed by atoms with van der Waals surface area (Å²) in [6.07, 6.45) is 3.88. The van der Waals surface area contributed by atoms with Gasteiger partial charge in [0.2, 0.25) is 0 Å². The predicted molar refractivity (Wildman–Crippen MR) is 90.1 cm³/mol. The molecule has 0 radical (unpaired) electrons. The molecule has 2 heterocycles. The summed E-state index contributed by atoms with van der Waals surface area (Å²) in [5, 5.41) is 3.33. The summed E-state index contributed by atoms with van der Waals surface area (Å²) in [5.41, 5.74) is 2.61. The molecule has 1 aromatic heterocycles. The lowest BCUT2D eigenvalue weighted by Gasteiger charge is -2.40. The van der Waals surface area contributed by atoms with Crippen LogP contribution in [0, 0.1) is 0 Å². The first-order valence-corrected chi connectivity index (χ1v) is 7.94. The van der Waals surface area contributed by atoms with E-state index in [1.165, 1.54) is 11.4 Å². The van der Waals surface area contributed by atoms with Crippen LogP contribution in [0.15, 0.2) is 42.9 Å². The Morgan fingerprint density at radius 1 is 1.14 bits per heavy atom. The summed E-state index contributed by atoms with van der Waals surface area (Å²) < 4.78 is 2.13. The quantitative estimate of drug-likeness (QED) is 0.908. The molecule has 1 aromatic carbocycles. The van der Waals surface area contributed by atoms with Gasteiger partial charge in [0.05, 0.1) is 18.1 Å². The molecule has 5 heteroatoms. The van der Waals surface area contributed by atoms with Crippen molar-refractivity contribution in [3.05, 3.63) is 48.5 Å². The third-order valence-electron chi connectivity index (χ3n) is 4.47. The van der Waals surface area contributed by atoms with Crippen molar-refractivity contribution in [3.8, 4) is 0 Å². The number of nitrogens with zero attached hydrogens (tertiary/aromatic N) is 4. The van der Waals surface area contributed by atoms with E-state index in [0.29, 0.717) is 6.04 Å². The van der Waals surface area contributed by atoms with Gasteiger partial charge in [-0.15, -0.1) is 0 Å². The second-order valence-corrected chi connectivity index (χ2v) is 5.86. The lowest BCUT2D eigenvalue weighted by Crippen LogP contribution is -2.49. The van der Waals surface area contributed by atoms with E-state index in [0.717, 1.165) is 32.7 Å². The van der Waals surface area contributed by atoms with Crippen LogP contribution in [0.25, 0.3) is 0 Å². The van der Waals surface area contributed by atoms with Gasteiger partial charge in [0.15, 0.2) is 0 Å². The molecule has 2 aromatic rings. The monoisotopic (exact) mass is 299 g/mol. The number of aromatic nitrogens is 2. The summed E-state index contributed by atoms with van der Waals surface area (Å²) in [5.74, 6) is 0. The highest BCUT2D eigenvalue weighted by Gasteiger charge is 2.26. The van der Waals surface area contributed by atoms with Crippen LogP contribution in [0.5, 0.6) is 0 Å². The molecular formula is C17H25N5. The fourth-order valence-corrected chi connectivity index (χ4v) is 3.23. The molecule has 0 bridgehead atoms. The molecule has 3 rings (SSSR count). The van der Waals surface area contributed by atoms with E-state index < -0.39 is 0 Å². The molecule has 0 amide bonds. The van der Waals surface area contributed by atoms with E-state index >= 15 is 0 Å². The molecular weight excluding hydrogens is 274 g/mol. The van der Waals surface area contributed by atoms with E-state index in [1.807, 2.05) is 19.6 Å². The summed E-state index contributed by atoms with van der Waals surface area (Å²) in [7, 11) is 4.09. The number of hydrogen-bond acceptors (Lipinski definition) is 4. The number of rotatable bonds is 5. The number of aryl methyl sites for hydroxylation is 1. The van der Waals surface area contributed by atoms with Crippen molar-refractivity contribution in [1.82, 2.24) is 19.8 Å². The third kappa shape index (κ3) is 3.15. The number of nitrogens with one attached hydrogen (secondary N) is 1. The lowest BCUT2D eigenvalue weighted by molar-refractivity contribution is 0.178. The summed E-state index contributed by atoms with van der Waals surface area (Å²) in [6.45, 7) is 5.24. The zero-order chi connectivity index (χ0) is 15.4. The van der Waals surface area contributed by atoms with Gasteiger partial charge < -0.3 is 14.8 Å². The number of likely N-dealkylation sites (N-methyl/N-ethyl adjacent to an activating group) is 1. The Kier molecular flexibility index (Phi) is 4.75. The minimum absolute atomic E-state index is 0.385. The van der Waals surface area contributed by atoms with E-state index in [2.05, 4.69) is 62.0 Å². The van der Waals surface area contributed by atoms with E-state index in [-0.39, 0.29) is 0 Å². The number of anilines is 1. The van der Waals surface area contributed by atoms with Crippen molar-refractivity contribution >= 4 is 5.69 Å². The molecule has 1 saturated heterocycles. The Labute approximate surface area is 132 Å². The highest BCUT2D eigenvalue weighted by molar-refractivity contribution is 5.46. The average molecular weight is 299 g/mol. The maximum atomic E-state index is 4.28. The summed E-state index contributed by atoms with van der Waals surface area (Å²) >= 11 is 0. The SMILES string of the molecule is CNCC(c1cncn1C)N1CCN(c2ccccc2)CC1. The topological polar surface area (TPSA) is 36.3 Å². The van der Waals surface area contributed by atoms with Crippen LogP contribution in [-0.2, 0) is 7.05 Å². The largest absolute Gasteiger partial charge is 0.369 e. The molecule has 5 nitrogen and oxygen atoms in total. The Morgan fingerprint density at radius 2 is 1.86 bits per heavy atom. The zero-order valence-electron chi connectivity index (χ0n) is 13.4. The maximum absolute atomic E-state index is 4.28. The Morgan fingerprint density at radius 3 is 2.45 bits per heavy atom.